The van der Waals surface area contributed by atoms with Gasteiger partial charge in [-0.3, -0.25) is 4.79 Å². The number of aliphatic hydroxyl groups is 1. The van der Waals surface area contributed by atoms with Crippen LogP contribution in [0.2, 0.25) is 0 Å². The van der Waals surface area contributed by atoms with E-state index in [2.05, 4.69) is 5.32 Å². The Labute approximate surface area is 84.9 Å². The molecular weight excluding hydrogens is 180 g/mol. The minimum atomic E-state index is -0.466. The highest BCUT2D eigenvalue weighted by Crippen LogP contribution is 2.24. The first-order chi connectivity index (χ1) is 6.50. The van der Waals surface area contributed by atoms with Gasteiger partial charge in [-0.05, 0) is 32.1 Å². The molecule has 1 saturated carbocycles. The average molecular weight is 200 g/mol. The molecule has 4 nitrogen and oxygen atoms in total. The van der Waals surface area contributed by atoms with Crippen molar-refractivity contribution in [2.24, 2.45) is 11.7 Å². The molecule has 14 heavy (non-hydrogen) atoms. The van der Waals surface area contributed by atoms with Crippen LogP contribution in [0.4, 0.5) is 0 Å². The first-order valence-corrected chi connectivity index (χ1v) is 5.24. The summed E-state index contributed by atoms with van der Waals surface area (Å²) < 4.78 is 0. The van der Waals surface area contributed by atoms with Crippen LogP contribution in [0.25, 0.3) is 0 Å². The Morgan fingerprint density at radius 2 is 2.21 bits per heavy atom. The van der Waals surface area contributed by atoms with Crippen molar-refractivity contribution in [2.75, 3.05) is 0 Å². The van der Waals surface area contributed by atoms with E-state index >= 15 is 0 Å². The molecule has 4 unspecified atom stereocenters. The molecular formula is C10H20N2O2. The van der Waals surface area contributed by atoms with E-state index in [1.54, 1.807) is 6.92 Å². The van der Waals surface area contributed by atoms with Crippen LogP contribution in [0.1, 0.15) is 33.1 Å². The highest BCUT2D eigenvalue weighted by Gasteiger charge is 2.27. The lowest BCUT2D eigenvalue weighted by Crippen LogP contribution is -2.47. The Kier molecular flexibility index (Phi) is 3.89. The van der Waals surface area contributed by atoms with Crippen LogP contribution in [-0.4, -0.2) is 29.2 Å². The van der Waals surface area contributed by atoms with Gasteiger partial charge in [0.15, 0.2) is 0 Å². The van der Waals surface area contributed by atoms with Gasteiger partial charge in [0.25, 0.3) is 0 Å². The summed E-state index contributed by atoms with van der Waals surface area (Å²) in [6.07, 6.45) is 2.27. The number of nitrogens with two attached hydrogens (primary N) is 1. The predicted octanol–water partition coefficient (Wildman–Crippen LogP) is -0.000700. The number of amides is 1. The number of nitrogens with one attached hydrogen (secondary N) is 1. The molecule has 4 atom stereocenters. The number of aliphatic hydroxyl groups excluding tert-OH is 1. The molecule has 1 amide bonds. The number of hydrogen-bond donors (Lipinski definition) is 3. The third-order valence-electron chi connectivity index (χ3n) is 2.91. The molecule has 4 N–H and O–H groups in total. The van der Waals surface area contributed by atoms with Crippen molar-refractivity contribution in [3.63, 3.8) is 0 Å². The van der Waals surface area contributed by atoms with E-state index in [1.807, 2.05) is 6.92 Å². The van der Waals surface area contributed by atoms with Crippen LogP contribution >= 0.6 is 0 Å². The lowest BCUT2D eigenvalue weighted by atomic mass is 9.85. The summed E-state index contributed by atoms with van der Waals surface area (Å²) in [5, 5.41) is 12.5. The van der Waals surface area contributed by atoms with Gasteiger partial charge < -0.3 is 16.2 Å². The van der Waals surface area contributed by atoms with Gasteiger partial charge in [-0.2, -0.15) is 0 Å². The first-order valence-electron chi connectivity index (χ1n) is 5.24. The minimum Gasteiger partial charge on any atom is -0.393 e. The molecule has 0 saturated heterocycles. The Morgan fingerprint density at radius 3 is 2.71 bits per heavy atom. The van der Waals surface area contributed by atoms with Gasteiger partial charge in [-0.15, -0.1) is 0 Å². The Balaban J connectivity index is 2.37. The average Bonchev–Trinajstić information content (AvgIpc) is 2.11. The summed E-state index contributed by atoms with van der Waals surface area (Å²) in [6, 6.07) is -0.369. The van der Waals surface area contributed by atoms with Gasteiger partial charge in [0, 0.05) is 6.04 Å². The van der Waals surface area contributed by atoms with Gasteiger partial charge in [0.05, 0.1) is 12.1 Å². The van der Waals surface area contributed by atoms with E-state index in [-0.39, 0.29) is 18.1 Å². The smallest absolute Gasteiger partial charge is 0.236 e. The maximum atomic E-state index is 11.3. The van der Waals surface area contributed by atoms with Crippen molar-refractivity contribution in [3.05, 3.63) is 0 Å². The summed E-state index contributed by atoms with van der Waals surface area (Å²) in [7, 11) is 0. The SMILES string of the molecule is CC(N)C(=O)NC1CCC(C)C(O)C1. The van der Waals surface area contributed by atoms with E-state index in [4.69, 9.17) is 5.73 Å². The summed E-state index contributed by atoms with van der Waals surface area (Å²) in [4.78, 5) is 11.3. The highest BCUT2D eigenvalue weighted by molar-refractivity contribution is 5.81. The molecule has 0 heterocycles. The monoisotopic (exact) mass is 200 g/mol. The van der Waals surface area contributed by atoms with Crippen molar-refractivity contribution >= 4 is 5.91 Å². The fourth-order valence-electron chi connectivity index (χ4n) is 1.76. The predicted molar refractivity (Wildman–Crippen MR) is 54.6 cm³/mol. The second-order valence-corrected chi connectivity index (χ2v) is 4.35. The summed E-state index contributed by atoms with van der Waals surface area (Å²) in [6.45, 7) is 3.70. The summed E-state index contributed by atoms with van der Waals surface area (Å²) in [5.74, 6) is 0.218. The van der Waals surface area contributed by atoms with E-state index < -0.39 is 6.04 Å². The molecule has 82 valence electrons. The van der Waals surface area contributed by atoms with Crippen LogP contribution in [0.15, 0.2) is 0 Å². The lowest BCUT2D eigenvalue weighted by Gasteiger charge is -2.31. The van der Waals surface area contributed by atoms with Crippen molar-refractivity contribution in [1.82, 2.24) is 5.32 Å². The first kappa shape index (κ1) is 11.5. The molecule has 0 bridgehead atoms. The molecule has 0 aliphatic heterocycles. The van der Waals surface area contributed by atoms with Crippen LogP contribution in [0, 0.1) is 5.92 Å². The molecule has 0 aromatic rings. The van der Waals surface area contributed by atoms with Gasteiger partial charge in [0.2, 0.25) is 5.91 Å². The number of carbonyl (C=O) groups excluding carboxylic acids is 1. The largest absolute Gasteiger partial charge is 0.393 e. The zero-order valence-electron chi connectivity index (χ0n) is 8.86. The molecule has 1 fully saturated rings. The molecule has 1 aliphatic carbocycles. The van der Waals surface area contributed by atoms with Crippen molar-refractivity contribution < 1.29 is 9.90 Å². The minimum absolute atomic E-state index is 0.0969. The molecule has 1 aliphatic rings. The molecule has 0 radical (unpaired) electrons. The molecule has 0 aromatic carbocycles. The second-order valence-electron chi connectivity index (χ2n) is 4.35. The van der Waals surface area contributed by atoms with Crippen molar-refractivity contribution in [3.8, 4) is 0 Å². The van der Waals surface area contributed by atoms with Crippen LogP contribution < -0.4 is 11.1 Å². The van der Waals surface area contributed by atoms with Gasteiger partial charge in [-0.25, -0.2) is 0 Å². The van der Waals surface area contributed by atoms with Crippen LogP contribution in [0.3, 0.4) is 0 Å². The van der Waals surface area contributed by atoms with E-state index in [1.165, 1.54) is 0 Å². The third kappa shape index (κ3) is 2.96. The molecule has 4 heteroatoms. The maximum Gasteiger partial charge on any atom is 0.236 e. The highest BCUT2D eigenvalue weighted by atomic mass is 16.3. The summed E-state index contributed by atoms with van der Waals surface area (Å²) in [5.41, 5.74) is 5.44. The number of carbonyl (C=O) groups is 1. The lowest BCUT2D eigenvalue weighted by molar-refractivity contribution is -0.123. The maximum absolute atomic E-state index is 11.3. The fourth-order valence-corrected chi connectivity index (χ4v) is 1.76. The Morgan fingerprint density at radius 1 is 1.57 bits per heavy atom. The van der Waals surface area contributed by atoms with Crippen LogP contribution in [0.5, 0.6) is 0 Å². The normalized spacial score (nSPS) is 35.0. The number of rotatable bonds is 2. The zero-order valence-corrected chi connectivity index (χ0v) is 8.86. The van der Waals surface area contributed by atoms with Gasteiger partial charge in [0.1, 0.15) is 0 Å². The third-order valence-corrected chi connectivity index (χ3v) is 2.91. The Bertz CT molecular complexity index is 206. The molecule has 1 rings (SSSR count). The molecule has 0 spiro atoms. The van der Waals surface area contributed by atoms with Crippen LogP contribution in [-0.2, 0) is 4.79 Å². The van der Waals surface area contributed by atoms with Crippen molar-refractivity contribution in [1.29, 1.82) is 0 Å². The standard InChI is InChI=1S/C10H20N2O2/c1-6-3-4-8(5-9(6)13)12-10(14)7(2)11/h6-9,13H,3-5,11H2,1-2H3,(H,12,14). The van der Waals surface area contributed by atoms with Gasteiger partial charge >= 0.3 is 0 Å². The van der Waals surface area contributed by atoms with E-state index in [9.17, 15) is 9.90 Å². The summed E-state index contributed by atoms with van der Waals surface area (Å²) >= 11 is 0. The Hall–Kier alpha value is -0.610. The van der Waals surface area contributed by atoms with E-state index in [0.29, 0.717) is 12.3 Å². The molecule has 0 aromatic heterocycles. The second kappa shape index (κ2) is 4.75. The van der Waals surface area contributed by atoms with E-state index in [0.717, 1.165) is 12.8 Å². The fraction of sp³-hybridized carbons (Fsp3) is 0.900. The number of hydrogen-bond acceptors (Lipinski definition) is 3. The quantitative estimate of drug-likeness (QED) is 0.587. The topological polar surface area (TPSA) is 75.4 Å². The zero-order chi connectivity index (χ0) is 10.7. The van der Waals surface area contributed by atoms with Gasteiger partial charge in [-0.1, -0.05) is 6.92 Å². The van der Waals surface area contributed by atoms with Crippen molar-refractivity contribution in [2.45, 2.75) is 51.3 Å².